The van der Waals surface area contributed by atoms with Crippen LogP contribution in [0.3, 0.4) is 0 Å². The minimum Gasteiger partial charge on any atom is -0.356 e. The maximum Gasteiger partial charge on any atom is 0.260 e. The molecular weight excluding hydrogens is 546 g/mol. The summed E-state index contributed by atoms with van der Waals surface area (Å²) in [5.74, 6) is -0.193. The second-order valence-corrected chi connectivity index (χ2v) is 10.0. The van der Waals surface area contributed by atoms with Gasteiger partial charge in [0.2, 0.25) is 5.91 Å². The van der Waals surface area contributed by atoms with Crippen LogP contribution < -0.4 is 16.0 Å². The van der Waals surface area contributed by atoms with Crippen molar-refractivity contribution in [3.63, 3.8) is 0 Å². The molecule has 36 heavy (non-hydrogen) atoms. The molecule has 0 bridgehead atoms. The van der Waals surface area contributed by atoms with Gasteiger partial charge in [0.25, 0.3) is 5.91 Å². The van der Waals surface area contributed by atoms with E-state index >= 15 is 0 Å². The van der Waals surface area contributed by atoms with Crippen molar-refractivity contribution in [2.75, 3.05) is 18.0 Å². The summed E-state index contributed by atoms with van der Waals surface area (Å²) in [7, 11) is 0. The van der Waals surface area contributed by atoms with E-state index in [1.807, 2.05) is 45.0 Å². The number of halogens is 4. The van der Waals surface area contributed by atoms with Gasteiger partial charge in [0.1, 0.15) is 0 Å². The third-order valence-electron chi connectivity index (χ3n) is 5.19. The van der Waals surface area contributed by atoms with Gasteiger partial charge >= 0.3 is 0 Å². The van der Waals surface area contributed by atoms with Gasteiger partial charge in [-0.25, -0.2) is 0 Å². The van der Waals surface area contributed by atoms with Gasteiger partial charge in [0.05, 0.1) is 12.2 Å². The molecule has 11 heteroatoms. The van der Waals surface area contributed by atoms with Crippen LogP contribution in [0.4, 0.5) is 5.69 Å². The first-order valence-corrected chi connectivity index (χ1v) is 12.7. The molecule has 0 aliphatic rings. The lowest BCUT2D eigenvalue weighted by atomic mass is 10.1. The third-order valence-corrected chi connectivity index (χ3v) is 6.38. The lowest BCUT2D eigenvalue weighted by molar-refractivity contribution is -0.123. The summed E-state index contributed by atoms with van der Waals surface area (Å²) in [6.45, 7) is 6.01. The number of hydrogen-bond donors (Lipinski definition) is 2. The summed E-state index contributed by atoms with van der Waals surface area (Å²) in [6, 6.07) is 13.7. The van der Waals surface area contributed by atoms with Crippen molar-refractivity contribution in [1.82, 2.24) is 10.5 Å². The standard InChI is InChI=1S/C18H22Cl2N4O3.C7H6Cl2/c1-11(2)15(21)17(25)22-8-9-24(18(26)16(19)20)13-5-3-4-12(10-13)14-6-7-23-27-14;1-5-6(8)3-2-4-7(5)9/h3-7,10-11,15-16H,8-9,21H2,1-2H3,(H,22,25);2-4H,1H3. The number of rotatable bonds is 8. The molecule has 0 aliphatic heterocycles. The van der Waals surface area contributed by atoms with Crippen LogP contribution in [0.1, 0.15) is 19.4 Å². The molecule has 0 aliphatic carbocycles. The molecule has 194 valence electrons. The second kappa shape index (κ2) is 14.4. The lowest BCUT2D eigenvalue weighted by Crippen LogP contribution is -2.47. The SMILES string of the molecule is CC(C)C(N)C(=O)NCCN(C(=O)C(Cl)Cl)c1cccc(-c2ccno2)c1.Cc1c(Cl)cccc1Cl. The topological polar surface area (TPSA) is 101 Å². The van der Waals surface area contributed by atoms with Gasteiger partial charge in [-0.2, -0.15) is 0 Å². The summed E-state index contributed by atoms with van der Waals surface area (Å²) in [4.78, 5) is 24.6. The van der Waals surface area contributed by atoms with Gasteiger partial charge in [-0.3, -0.25) is 9.59 Å². The highest BCUT2D eigenvalue weighted by Crippen LogP contribution is 2.26. The molecule has 3 aromatic rings. The Labute approximate surface area is 230 Å². The first kappa shape index (κ1) is 29.9. The number of carbonyl (C=O) groups excluding carboxylic acids is 2. The molecule has 1 aromatic heterocycles. The number of benzene rings is 2. The van der Waals surface area contributed by atoms with E-state index in [0.29, 0.717) is 11.4 Å². The predicted octanol–water partition coefficient (Wildman–Crippen LogP) is 5.88. The van der Waals surface area contributed by atoms with Crippen molar-refractivity contribution in [2.24, 2.45) is 11.7 Å². The molecule has 1 heterocycles. The normalized spacial score (nSPS) is 11.6. The molecule has 0 saturated carbocycles. The molecule has 1 atom stereocenters. The Hall–Kier alpha value is -2.29. The van der Waals surface area contributed by atoms with E-state index in [1.54, 1.807) is 24.3 Å². The molecule has 1 unspecified atom stereocenters. The number of carbonyl (C=O) groups is 2. The van der Waals surface area contributed by atoms with E-state index < -0.39 is 16.8 Å². The Morgan fingerprint density at radius 1 is 1.08 bits per heavy atom. The molecule has 3 rings (SSSR count). The van der Waals surface area contributed by atoms with Crippen LogP contribution in [-0.4, -0.2) is 40.9 Å². The minimum atomic E-state index is -1.23. The maximum absolute atomic E-state index is 12.4. The summed E-state index contributed by atoms with van der Waals surface area (Å²) in [5.41, 5.74) is 8.08. The molecule has 0 radical (unpaired) electrons. The average Bonchev–Trinajstić information content (AvgIpc) is 3.39. The Morgan fingerprint density at radius 3 is 2.25 bits per heavy atom. The van der Waals surface area contributed by atoms with Crippen molar-refractivity contribution < 1.29 is 14.1 Å². The van der Waals surface area contributed by atoms with Crippen LogP contribution in [0.15, 0.2) is 59.3 Å². The fourth-order valence-electron chi connectivity index (χ4n) is 2.97. The molecule has 0 saturated heterocycles. The fraction of sp³-hybridized carbons (Fsp3) is 0.320. The van der Waals surface area contributed by atoms with E-state index in [-0.39, 0.29) is 24.9 Å². The molecular formula is C25H28Cl4N4O3. The summed E-state index contributed by atoms with van der Waals surface area (Å²) in [5, 5.41) is 7.86. The number of amides is 2. The van der Waals surface area contributed by atoms with E-state index in [2.05, 4.69) is 10.5 Å². The Kier molecular flexibility index (Phi) is 12.0. The number of hydrogen-bond acceptors (Lipinski definition) is 5. The van der Waals surface area contributed by atoms with Crippen molar-refractivity contribution in [3.05, 3.63) is 70.3 Å². The van der Waals surface area contributed by atoms with Crippen molar-refractivity contribution >= 4 is 63.9 Å². The predicted molar refractivity (Wildman–Crippen MR) is 147 cm³/mol. The van der Waals surface area contributed by atoms with Gasteiger partial charge in [0, 0.05) is 40.5 Å². The lowest BCUT2D eigenvalue weighted by Gasteiger charge is -2.24. The van der Waals surface area contributed by atoms with Gasteiger partial charge in [-0.15, -0.1) is 0 Å². The first-order chi connectivity index (χ1) is 17.0. The summed E-state index contributed by atoms with van der Waals surface area (Å²) in [6.07, 6.45) is 1.53. The van der Waals surface area contributed by atoms with Crippen molar-refractivity contribution in [3.8, 4) is 11.3 Å². The number of alkyl halides is 2. The Morgan fingerprint density at radius 2 is 1.72 bits per heavy atom. The second-order valence-electron chi connectivity index (χ2n) is 8.13. The quantitative estimate of drug-likeness (QED) is 0.328. The van der Waals surface area contributed by atoms with Gasteiger partial charge < -0.3 is 20.5 Å². The highest BCUT2D eigenvalue weighted by Gasteiger charge is 2.23. The van der Waals surface area contributed by atoms with E-state index in [1.165, 1.54) is 11.1 Å². The van der Waals surface area contributed by atoms with Crippen molar-refractivity contribution in [1.29, 1.82) is 0 Å². The molecule has 2 amide bonds. The average molecular weight is 574 g/mol. The number of nitrogens with one attached hydrogen (secondary N) is 1. The van der Waals surface area contributed by atoms with Crippen molar-refractivity contribution in [2.45, 2.75) is 31.6 Å². The largest absolute Gasteiger partial charge is 0.356 e. The maximum atomic E-state index is 12.4. The fourth-order valence-corrected chi connectivity index (χ4v) is 3.60. The Balaban J connectivity index is 0.000000425. The van der Waals surface area contributed by atoms with Crippen LogP contribution in [0.25, 0.3) is 11.3 Å². The molecule has 3 N–H and O–H groups in total. The van der Waals surface area contributed by atoms with Gasteiger partial charge in [0.15, 0.2) is 10.6 Å². The monoisotopic (exact) mass is 572 g/mol. The summed E-state index contributed by atoms with van der Waals surface area (Å²) < 4.78 is 5.15. The molecule has 0 spiro atoms. The zero-order valence-corrected chi connectivity index (χ0v) is 23.1. The number of nitrogens with two attached hydrogens (primary N) is 1. The zero-order chi connectivity index (χ0) is 26.8. The molecule has 0 fully saturated rings. The number of nitrogens with zero attached hydrogens (tertiary/aromatic N) is 2. The smallest absolute Gasteiger partial charge is 0.260 e. The van der Waals surface area contributed by atoms with Gasteiger partial charge in [-0.1, -0.05) is 83.6 Å². The van der Waals surface area contributed by atoms with Crippen LogP contribution in [0.2, 0.25) is 10.0 Å². The zero-order valence-electron chi connectivity index (χ0n) is 20.1. The van der Waals surface area contributed by atoms with Crippen LogP contribution >= 0.6 is 46.4 Å². The van der Waals surface area contributed by atoms with Crippen LogP contribution in [0.5, 0.6) is 0 Å². The number of aromatic nitrogens is 1. The third kappa shape index (κ3) is 8.68. The van der Waals surface area contributed by atoms with Crippen LogP contribution in [-0.2, 0) is 9.59 Å². The van der Waals surface area contributed by atoms with Crippen LogP contribution in [0, 0.1) is 12.8 Å². The summed E-state index contributed by atoms with van der Waals surface area (Å²) >= 11 is 23.0. The highest BCUT2D eigenvalue weighted by atomic mass is 35.5. The van der Waals surface area contributed by atoms with E-state index in [9.17, 15) is 9.59 Å². The number of anilines is 1. The minimum absolute atomic E-state index is 0.0105. The first-order valence-electron chi connectivity index (χ1n) is 11.1. The molecule has 2 aromatic carbocycles. The highest BCUT2D eigenvalue weighted by molar-refractivity contribution is 6.54. The van der Waals surface area contributed by atoms with E-state index in [4.69, 9.17) is 56.7 Å². The van der Waals surface area contributed by atoms with E-state index in [0.717, 1.165) is 21.2 Å². The van der Waals surface area contributed by atoms with Gasteiger partial charge in [-0.05, 0) is 42.7 Å². The molecule has 7 nitrogen and oxygen atoms in total. The Bertz CT molecular complexity index is 1120.